The molecule has 1 N–H and O–H groups in total. The van der Waals surface area contributed by atoms with Gasteiger partial charge in [0.05, 0.1) is 0 Å². The fourth-order valence-electron chi connectivity index (χ4n) is 1.16. The van der Waals surface area contributed by atoms with Crippen molar-refractivity contribution < 1.29 is 5.11 Å². The molecule has 1 nitrogen and oxygen atoms in total. The lowest BCUT2D eigenvalue weighted by atomic mass is 10.1. The zero-order valence-corrected chi connectivity index (χ0v) is 9.81. The Balaban J connectivity index is 3.25. The van der Waals surface area contributed by atoms with E-state index < -0.39 is 0 Å². The largest absolute Gasteiger partial charge is 0.396 e. The van der Waals surface area contributed by atoms with Crippen LogP contribution in [0.1, 0.15) is 58.3 Å². The Morgan fingerprint density at radius 3 is 2.00 bits per heavy atom. The molecule has 0 unspecified atom stereocenters. The highest BCUT2D eigenvalue weighted by atomic mass is 16.2. The zero-order valence-electron chi connectivity index (χ0n) is 9.81. The molecule has 0 radical (unpaired) electrons. The van der Waals surface area contributed by atoms with Gasteiger partial charge in [-0.15, -0.1) is 0 Å². The Bertz CT molecular complexity index is 234. The minimum absolute atomic E-state index is 0.314. The number of hydrogen-bond acceptors (Lipinski definition) is 1. The van der Waals surface area contributed by atoms with Gasteiger partial charge in [0, 0.05) is 19.4 Å². The van der Waals surface area contributed by atoms with Gasteiger partial charge in [-0.1, -0.05) is 38.0 Å². The lowest BCUT2D eigenvalue weighted by Crippen LogP contribution is -1.82. The van der Waals surface area contributed by atoms with E-state index in [0.717, 1.165) is 32.1 Å². The highest BCUT2D eigenvalue weighted by Gasteiger charge is 1.85. The third-order valence-electron chi connectivity index (χ3n) is 2.10. The summed E-state index contributed by atoms with van der Waals surface area (Å²) in [5, 5.41) is 8.56. The van der Waals surface area contributed by atoms with E-state index in [1.807, 2.05) is 0 Å². The van der Waals surface area contributed by atoms with Crippen LogP contribution in [0.25, 0.3) is 0 Å². The summed E-state index contributed by atoms with van der Waals surface area (Å²) in [5.74, 6) is 11.8. The molecule has 0 fully saturated rings. The van der Waals surface area contributed by atoms with E-state index in [4.69, 9.17) is 5.11 Å². The molecule has 0 atom stereocenters. The first kappa shape index (κ1) is 14.1. The van der Waals surface area contributed by atoms with E-state index in [-0.39, 0.29) is 0 Å². The Morgan fingerprint density at radius 2 is 1.40 bits per heavy atom. The van der Waals surface area contributed by atoms with Crippen molar-refractivity contribution in [1.82, 2.24) is 0 Å². The van der Waals surface area contributed by atoms with Gasteiger partial charge in [0.1, 0.15) is 0 Å². The Hall–Kier alpha value is -0.920. The molecular formula is C14H22O. The summed E-state index contributed by atoms with van der Waals surface area (Å²) in [7, 11) is 0. The summed E-state index contributed by atoms with van der Waals surface area (Å²) >= 11 is 0. The summed E-state index contributed by atoms with van der Waals surface area (Å²) < 4.78 is 0. The molecular weight excluding hydrogens is 184 g/mol. The molecule has 0 saturated heterocycles. The molecule has 1 heteroatoms. The van der Waals surface area contributed by atoms with Gasteiger partial charge >= 0.3 is 0 Å². The lowest BCUT2D eigenvalue weighted by molar-refractivity contribution is 0.282. The van der Waals surface area contributed by atoms with Crippen LogP contribution in [0.2, 0.25) is 0 Å². The van der Waals surface area contributed by atoms with Crippen molar-refractivity contribution in [3.8, 4) is 23.7 Å². The predicted octanol–water partition coefficient (Wildman–Crippen LogP) is 3.13. The molecule has 0 aromatic rings. The highest BCUT2D eigenvalue weighted by molar-refractivity contribution is 5.25. The molecule has 0 saturated carbocycles. The van der Waals surface area contributed by atoms with Crippen LogP contribution in [0.3, 0.4) is 0 Å². The van der Waals surface area contributed by atoms with E-state index in [9.17, 15) is 0 Å². The first-order chi connectivity index (χ1) is 7.41. The summed E-state index contributed by atoms with van der Waals surface area (Å²) in [6, 6.07) is 0. The van der Waals surface area contributed by atoms with E-state index >= 15 is 0 Å². The standard InChI is InChI=1S/C14H22O/c1-2-3-4-5-6-7-8-9-10-11-12-13-14-15/h15H,2-4,9-14H2,1H3. The van der Waals surface area contributed by atoms with Crippen molar-refractivity contribution >= 4 is 0 Å². The molecule has 0 rings (SSSR count). The third kappa shape index (κ3) is 13.1. The van der Waals surface area contributed by atoms with E-state index in [0.29, 0.717) is 6.61 Å². The zero-order chi connectivity index (χ0) is 11.2. The normalized spacial score (nSPS) is 8.67. The molecule has 0 aromatic heterocycles. The minimum atomic E-state index is 0.314. The van der Waals surface area contributed by atoms with E-state index in [1.165, 1.54) is 19.3 Å². The lowest BCUT2D eigenvalue weighted by Gasteiger charge is -1.93. The van der Waals surface area contributed by atoms with Crippen LogP contribution >= 0.6 is 0 Å². The smallest absolute Gasteiger partial charge is 0.0431 e. The van der Waals surface area contributed by atoms with Gasteiger partial charge in [0.25, 0.3) is 0 Å². The second-order valence-electron chi connectivity index (χ2n) is 3.59. The van der Waals surface area contributed by atoms with Gasteiger partial charge in [-0.2, -0.15) is 0 Å². The van der Waals surface area contributed by atoms with Crippen LogP contribution in [0.4, 0.5) is 0 Å². The van der Waals surface area contributed by atoms with Crippen LogP contribution in [-0.4, -0.2) is 11.7 Å². The number of aliphatic hydroxyl groups excluding tert-OH is 1. The van der Waals surface area contributed by atoms with Gasteiger partial charge in [-0.25, -0.2) is 0 Å². The molecule has 0 spiro atoms. The van der Waals surface area contributed by atoms with Gasteiger partial charge in [0.2, 0.25) is 0 Å². The second-order valence-corrected chi connectivity index (χ2v) is 3.59. The molecule has 84 valence electrons. The van der Waals surface area contributed by atoms with Crippen molar-refractivity contribution in [2.24, 2.45) is 0 Å². The number of hydrogen-bond donors (Lipinski definition) is 1. The number of unbranched alkanes of at least 4 members (excludes halogenated alkanes) is 6. The van der Waals surface area contributed by atoms with Crippen LogP contribution in [0, 0.1) is 23.7 Å². The van der Waals surface area contributed by atoms with Gasteiger partial charge in [-0.3, -0.25) is 0 Å². The first-order valence-electron chi connectivity index (χ1n) is 5.98. The highest BCUT2D eigenvalue weighted by Crippen LogP contribution is 2.00. The Morgan fingerprint density at radius 1 is 0.800 bits per heavy atom. The molecule has 0 amide bonds. The maximum absolute atomic E-state index is 8.56. The summed E-state index contributed by atoms with van der Waals surface area (Å²) in [4.78, 5) is 0. The summed E-state index contributed by atoms with van der Waals surface area (Å²) in [6.07, 6.45) is 8.62. The van der Waals surface area contributed by atoms with Crippen molar-refractivity contribution in [2.45, 2.75) is 58.3 Å². The SMILES string of the molecule is CCCCC#CC#CCCCCCCO. The quantitative estimate of drug-likeness (QED) is 0.501. The summed E-state index contributed by atoms with van der Waals surface area (Å²) in [6.45, 7) is 2.48. The minimum Gasteiger partial charge on any atom is -0.396 e. The molecule has 0 heterocycles. The predicted molar refractivity (Wildman–Crippen MR) is 65.2 cm³/mol. The molecule has 0 bridgehead atoms. The molecule has 0 aliphatic rings. The fourth-order valence-corrected chi connectivity index (χ4v) is 1.16. The number of aliphatic hydroxyl groups is 1. The van der Waals surface area contributed by atoms with E-state index in [1.54, 1.807) is 0 Å². The molecule has 0 aliphatic carbocycles. The van der Waals surface area contributed by atoms with Crippen molar-refractivity contribution in [3.63, 3.8) is 0 Å². The summed E-state index contributed by atoms with van der Waals surface area (Å²) in [5.41, 5.74) is 0. The first-order valence-corrected chi connectivity index (χ1v) is 5.98. The van der Waals surface area contributed by atoms with Crippen LogP contribution in [-0.2, 0) is 0 Å². The Labute approximate surface area is 94.3 Å². The molecule has 0 aromatic carbocycles. The third-order valence-corrected chi connectivity index (χ3v) is 2.10. The second kappa shape index (κ2) is 13.1. The van der Waals surface area contributed by atoms with Crippen LogP contribution < -0.4 is 0 Å². The number of rotatable bonds is 7. The maximum atomic E-state index is 8.56. The molecule has 15 heavy (non-hydrogen) atoms. The van der Waals surface area contributed by atoms with Gasteiger partial charge < -0.3 is 5.11 Å². The van der Waals surface area contributed by atoms with Crippen LogP contribution in [0.5, 0.6) is 0 Å². The molecule has 0 aliphatic heterocycles. The monoisotopic (exact) mass is 206 g/mol. The average molecular weight is 206 g/mol. The maximum Gasteiger partial charge on any atom is 0.0431 e. The van der Waals surface area contributed by atoms with Crippen LogP contribution in [0.15, 0.2) is 0 Å². The van der Waals surface area contributed by atoms with Crippen molar-refractivity contribution in [3.05, 3.63) is 0 Å². The van der Waals surface area contributed by atoms with Crippen molar-refractivity contribution in [2.75, 3.05) is 6.61 Å². The van der Waals surface area contributed by atoms with E-state index in [2.05, 4.69) is 30.6 Å². The van der Waals surface area contributed by atoms with Gasteiger partial charge in [0.15, 0.2) is 0 Å². The Kier molecular flexibility index (Phi) is 12.3. The van der Waals surface area contributed by atoms with Gasteiger partial charge in [-0.05, 0) is 31.1 Å². The fraction of sp³-hybridized carbons (Fsp3) is 0.714. The van der Waals surface area contributed by atoms with Crippen molar-refractivity contribution in [1.29, 1.82) is 0 Å². The average Bonchev–Trinajstić information content (AvgIpc) is 2.26. The topological polar surface area (TPSA) is 20.2 Å².